The molecular weight excluding hydrogens is 1170 g/mol. The summed E-state index contributed by atoms with van der Waals surface area (Å²) in [6.45, 7) is 14.6. The number of pyridine rings is 1. The van der Waals surface area contributed by atoms with Crippen molar-refractivity contribution in [2.75, 3.05) is 19.7 Å². The first-order chi connectivity index (χ1) is 41.8. The molecule has 3 rings (SSSR count). The number of carbonyl (C=O) groups excluding carboxylic acids is 11. The van der Waals surface area contributed by atoms with Crippen molar-refractivity contribution in [3.8, 4) is 0 Å². The number of hydrogen-bond acceptors (Lipinski definition) is 17. The lowest BCUT2D eigenvalue weighted by Gasteiger charge is -2.34. The number of aliphatic hydroxyl groups is 3. The second kappa shape index (κ2) is 36.4. The predicted octanol–water partition coefficient (Wildman–Crippen LogP) is -3.84. The number of guanidine groups is 1. The van der Waals surface area contributed by atoms with Crippen LogP contribution in [0.5, 0.6) is 0 Å². The number of aromatic nitrogens is 1. The molecule has 1 aromatic heterocycles. The van der Waals surface area contributed by atoms with E-state index in [0.717, 1.165) is 0 Å². The van der Waals surface area contributed by atoms with Crippen molar-refractivity contribution in [3.63, 3.8) is 0 Å². The molecule has 30 nitrogen and oxygen atoms in total. The molecule has 14 atom stereocenters. The van der Waals surface area contributed by atoms with E-state index in [1.807, 2.05) is 19.6 Å². The van der Waals surface area contributed by atoms with Gasteiger partial charge in [-0.15, -0.1) is 0 Å². The number of nitrogens with two attached hydrogens (primary N) is 2. The Labute approximate surface area is 519 Å². The topological polar surface area (TPSA) is 482 Å². The summed E-state index contributed by atoms with van der Waals surface area (Å²) in [5.74, 6) is -12.9. The quantitative estimate of drug-likeness (QED) is 0.0246. The molecule has 20 N–H and O–H groups in total. The Morgan fingerprint density at radius 2 is 1.30 bits per heavy atom. The molecule has 89 heavy (non-hydrogen) atoms. The second-order valence-corrected chi connectivity index (χ2v) is 29.4. The summed E-state index contributed by atoms with van der Waals surface area (Å²) in [5.41, 5.74) is 12.5. The van der Waals surface area contributed by atoms with Gasteiger partial charge in [-0.05, 0) is 68.2 Å². The van der Waals surface area contributed by atoms with Crippen molar-refractivity contribution in [1.29, 1.82) is 5.41 Å². The summed E-state index contributed by atoms with van der Waals surface area (Å²) in [4.78, 5) is 161. The van der Waals surface area contributed by atoms with Crippen LogP contribution in [0.15, 0.2) is 54.9 Å². The normalized spacial score (nSPS) is 24.5. The van der Waals surface area contributed by atoms with Crippen molar-refractivity contribution in [3.05, 3.63) is 66.0 Å². The number of benzene rings is 1. The SMILES string of the molecule is CCC[C@@H]1NC(=O)[C@H]([C@H](O)C(C)C)NC(=O)[C@@H](NC(=O)[C@H](Cc2cccnc2)NC(=O)[C@H](N)C[Si](C)(C)C)[C@@H](c2ccccc2)NC(=O)C(CO)NC(=O)[C@H](C)NC(=O)CNC(=O)[C@H]([C@H](C)O)NC(=O)[C@H]([C@@H](C)CC)NC(=O)[C@@H](CCCNC(=N)N)NC1=O. The zero-order chi connectivity index (χ0) is 66.9. The van der Waals surface area contributed by atoms with Crippen LogP contribution in [0.1, 0.15) is 97.7 Å². The van der Waals surface area contributed by atoms with Crippen molar-refractivity contribution in [2.45, 2.75) is 191 Å². The molecule has 1 aromatic carbocycles. The maximum absolute atomic E-state index is 15.4. The predicted molar refractivity (Wildman–Crippen MR) is 331 cm³/mol. The first-order valence-electron chi connectivity index (χ1n) is 29.9. The number of aliphatic hydroxyl groups excluding tert-OH is 3. The molecule has 1 unspecified atom stereocenters. The average molecular weight is 1270 g/mol. The monoisotopic (exact) mass is 1270 g/mol. The van der Waals surface area contributed by atoms with Gasteiger partial charge in [0.2, 0.25) is 65.0 Å². The van der Waals surface area contributed by atoms with Crippen LogP contribution in [-0.4, -0.2) is 192 Å². The second-order valence-electron chi connectivity index (χ2n) is 23.8. The highest BCUT2D eigenvalue weighted by molar-refractivity contribution is 6.76. The fourth-order valence-corrected chi connectivity index (χ4v) is 10.9. The number of rotatable bonds is 21. The Morgan fingerprint density at radius 1 is 0.719 bits per heavy atom. The molecule has 1 aliphatic rings. The molecule has 0 spiro atoms. The first-order valence-corrected chi connectivity index (χ1v) is 33.6. The number of amides is 11. The van der Waals surface area contributed by atoms with Crippen LogP contribution in [0.3, 0.4) is 0 Å². The van der Waals surface area contributed by atoms with E-state index in [-0.39, 0.29) is 56.6 Å². The lowest BCUT2D eigenvalue weighted by molar-refractivity contribution is -0.139. The molecule has 0 saturated carbocycles. The Hall–Kier alpha value is -8.13. The fraction of sp³-hybridized carbons (Fsp3) is 0.603. The first kappa shape index (κ1) is 75.1. The minimum absolute atomic E-state index is 0.0497. The molecule has 0 bridgehead atoms. The van der Waals surface area contributed by atoms with E-state index >= 15 is 9.59 Å². The minimum atomic E-state index is -2.02. The van der Waals surface area contributed by atoms with Gasteiger partial charge in [-0.3, -0.25) is 63.1 Å². The van der Waals surface area contributed by atoms with E-state index in [2.05, 4.69) is 68.8 Å². The van der Waals surface area contributed by atoms with Crippen molar-refractivity contribution >= 4 is 79.0 Å². The van der Waals surface area contributed by atoms with Gasteiger partial charge in [0.05, 0.1) is 37.4 Å². The third kappa shape index (κ3) is 24.8. The molecule has 11 amide bonds. The molecule has 494 valence electrons. The van der Waals surface area contributed by atoms with Gasteiger partial charge in [-0.25, -0.2) is 0 Å². The summed E-state index contributed by atoms with van der Waals surface area (Å²) in [6.07, 6.45) is -0.227. The van der Waals surface area contributed by atoms with Crippen LogP contribution in [-0.2, 0) is 59.2 Å². The Morgan fingerprint density at radius 3 is 1.88 bits per heavy atom. The molecule has 31 heteroatoms. The van der Waals surface area contributed by atoms with Gasteiger partial charge in [0, 0.05) is 33.4 Å². The van der Waals surface area contributed by atoms with Crippen LogP contribution in [0.25, 0.3) is 0 Å². The number of carbonyl (C=O) groups is 11. The molecule has 1 fully saturated rings. The highest BCUT2D eigenvalue weighted by Crippen LogP contribution is 2.21. The van der Waals surface area contributed by atoms with Gasteiger partial charge in [-0.2, -0.15) is 0 Å². The lowest BCUT2D eigenvalue weighted by Crippen LogP contribution is -2.65. The Kier molecular flexibility index (Phi) is 30.7. The van der Waals surface area contributed by atoms with Crippen LogP contribution in [0.2, 0.25) is 25.7 Å². The number of nitrogens with zero attached hydrogens (tertiary/aromatic N) is 1. The highest BCUT2D eigenvalue weighted by atomic mass is 28.3. The van der Waals surface area contributed by atoms with Gasteiger partial charge in [0.1, 0.15) is 54.4 Å². The van der Waals surface area contributed by atoms with E-state index in [4.69, 9.17) is 16.9 Å². The molecule has 2 aromatic rings. The maximum Gasteiger partial charge on any atom is 0.245 e. The van der Waals surface area contributed by atoms with E-state index in [1.165, 1.54) is 64.4 Å². The average Bonchev–Trinajstić information content (AvgIpc) is 2.61. The van der Waals surface area contributed by atoms with Gasteiger partial charge in [0.15, 0.2) is 5.96 Å². The van der Waals surface area contributed by atoms with Gasteiger partial charge < -0.3 is 90.6 Å². The van der Waals surface area contributed by atoms with E-state index in [0.29, 0.717) is 11.6 Å². The molecule has 0 radical (unpaired) electrons. The summed E-state index contributed by atoms with van der Waals surface area (Å²) < 4.78 is 0. The molecular formula is C58H94N16O14Si. The molecule has 0 aliphatic carbocycles. The maximum atomic E-state index is 15.4. The molecule has 2 heterocycles. The summed E-state index contributed by atoms with van der Waals surface area (Å²) in [7, 11) is -1.98. The van der Waals surface area contributed by atoms with E-state index in [1.54, 1.807) is 39.0 Å². The fourth-order valence-electron chi connectivity index (χ4n) is 9.38. The van der Waals surface area contributed by atoms with Crippen LogP contribution < -0.4 is 75.3 Å². The lowest BCUT2D eigenvalue weighted by atomic mass is 9.94. The zero-order valence-corrected chi connectivity index (χ0v) is 53.4. The third-order valence-corrected chi connectivity index (χ3v) is 16.3. The Balaban J connectivity index is 2.35. The molecule has 1 aliphatic heterocycles. The van der Waals surface area contributed by atoms with Crippen molar-refractivity contribution in [1.82, 2.24) is 68.8 Å². The van der Waals surface area contributed by atoms with Crippen LogP contribution in [0, 0.1) is 17.2 Å². The van der Waals surface area contributed by atoms with Crippen molar-refractivity contribution < 1.29 is 68.1 Å². The summed E-state index contributed by atoms with van der Waals surface area (Å²) >= 11 is 0. The summed E-state index contributed by atoms with van der Waals surface area (Å²) in [6, 6.07) is -6.51. The minimum Gasteiger partial charge on any atom is -0.394 e. The van der Waals surface area contributed by atoms with Gasteiger partial charge >= 0.3 is 0 Å². The zero-order valence-electron chi connectivity index (χ0n) is 52.4. The van der Waals surface area contributed by atoms with Gasteiger partial charge in [-0.1, -0.05) is 103 Å². The van der Waals surface area contributed by atoms with Crippen LogP contribution >= 0.6 is 0 Å². The van der Waals surface area contributed by atoms with Gasteiger partial charge in [0.25, 0.3) is 0 Å². The highest BCUT2D eigenvalue weighted by Gasteiger charge is 2.42. The van der Waals surface area contributed by atoms with E-state index < -0.39 is 177 Å². The van der Waals surface area contributed by atoms with Crippen LogP contribution in [0.4, 0.5) is 0 Å². The smallest absolute Gasteiger partial charge is 0.245 e. The largest absolute Gasteiger partial charge is 0.394 e. The van der Waals surface area contributed by atoms with E-state index in [9.17, 15) is 58.5 Å². The number of nitrogens with one attached hydrogen (secondary N) is 13. The molecule has 1 saturated heterocycles. The standard InChI is InChI=1S/C58H94N16O14Si/c1-11-18-37-50(81)66-38(22-17-24-63-58(60)61)51(82)70-42(31(5)12-2)55(86)71-43(33(7)76)54(85)64-27-41(77)65-32(6)48(79)69-40(28-75)53(84)72-44(35-20-14-13-15-21-35)45(56(87)74-46(57(88)67-37)47(78)30(3)4)73-52(83)39(25-34-19-16-23-62-26-34)68-49(80)36(59)29-89(8,9)10/h13-16,19-21,23,26,30-33,36-40,42-47,75-76,78H,11-12,17-18,22,24-25,27-29,59H2,1-10H3,(H,64,85)(H,65,77)(H,66,81)(H,67,88)(H,68,80)(H,69,79)(H,70,82)(H,71,86)(H,72,84)(H,73,83)(H,74,87)(H4,60,61,63)/t31-,32-,33-,36+,37-,38+,39-,40?,42-,43-,44+,45-,46-,47+/m0/s1. The Bertz CT molecular complexity index is 2740. The third-order valence-electron chi connectivity index (χ3n) is 14.6. The summed E-state index contributed by atoms with van der Waals surface area (Å²) in [5, 5.41) is 71.2. The number of hydrogen-bond donors (Lipinski definition) is 18. The van der Waals surface area contributed by atoms with Crippen molar-refractivity contribution in [2.24, 2.45) is 23.3 Å².